The standard InChI is InChI=1S/C22H26N4O4S/c1-16-11-12-18(30-16)15-23-26(14-13-21(27)24-17-7-3-2-4-8-17)22-19-9-5-6-10-20(19)31(28,29)25-22/h5-6,9-12,15,17H,2-4,7-8,13-14H2,1H3,(H,24,27). The molecule has 2 aromatic rings. The molecule has 9 heteroatoms. The summed E-state index contributed by atoms with van der Waals surface area (Å²) >= 11 is 0. The zero-order valence-corrected chi connectivity index (χ0v) is 18.3. The second-order valence-electron chi connectivity index (χ2n) is 7.85. The highest BCUT2D eigenvalue weighted by Crippen LogP contribution is 2.27. The van der Waals surface area contributed by atoms with Gasteiger partial charge in [-0.1, -0.05) is 31.4 Å². The van der Waals surface area contributed by atoms with Crippen LogP contribution in [0.5, 0.6) is 0 Å². The van der Waals surface area contributed by atoms with Gasteiger partial charge < -0.3 is 9.73 Å². The lowest BCUT2D eigenvalue weighted by Gasteiger charge is -2.23. The Labute approximate surface area is 182 Å². The summed E-state index contributed by atoms with van der Waals surface area (Å²) in [5, 5.41) is 8.96. The van der Waals surface area contributed by atoms with Crippen LogP contribution in [0.15, 0.2) is 55.2 Å². The quantitative estimate of drug-likeness (QED) is 0.546. The van der Waals surface area contributed by atoms with Crippen LogP contribution >= 0.6 is 0 Å². The Morgan fingerprint density at radius 3 is 2.74 bits per heavy atom. The van der Waals surface area contributed by atoms with Crippen molar-refractivity contribution in [2.24, 2.45) is 9.50 Å². The van der Waals surface area contributed by atoms with E-state index < -0.39 is 10.0 Å². The van der Waals surface area contributed by atoms with Crippen molar-refractivity contribution in [3.8, 4) is 0 Å². The first kappa shape index (κ1) is 21.3. The van der Waals surface area contributed by atoms with Crippen LogP contribution in [0.25, 0.3) is 0 Å². The summed E-state index contributed by atoms with van der Waals surface area (Å²) < 4.78 is 34.4. The topological polar surface area (TPSA) is 104 Å². The van der Waals surface area contributed by atoms with Crippen molar-refractivity contribution in [3.05, 3.63) is 53.5 Å². The summed E-state index contributed by atoms with van der Waals surface area (Å²) in [7, 11) is -3.79. The van der Waals surface area contributed by atoms with Gasteiger partial charge in [0.1, 0.15) is 16.4 Å². The molecule has 0 radical (unpaired) electrons. The predicted octanol–water partition coefficient (Wildman–Crippen LogP) is 3.21. The zero-order chi connectivity index (χ0) is 21.8. The number of furan rings is 1. The molecule has 0 atom stereocenters. The summed E-state index contributed by atoms with van der Waals surface area (Å²) in [5.41, 5.74) is 0.475. The van der Waals surface area contributed by atoms with Crippen molar-refractivity contribution < 1.29 is 17.6 Å². The van der Waals surface area contributed by atoms with E-state index in [0.29, 0.717) is 11.3 Å². The first-order valence-electron chi connectivity index (χ1n) is 10.5. The molecule has 1 aliphatic heterocycles. The predicted molar refractivity (Wildman–Crippen MR) is 118 cm³/mol. The van der Waals surface area contributed by atoms with Gasteiger partial charge in [-0.05, 0) is 44.0 Å². The summed E-state index contributed by atoms with van der Waals surface area (Å²) in [6.07, 6.45) is 7.17. The number of nitrogens with zero attached hydrogens (tertiary/aromatic N) is 3. The second-order valence-corrected chi connectivity index (χ2v) is 9.43. The zero-order valence-electron chi connectivity index (χ0n) is 17.5. The average Bonchev–Trinajstić information content (AvgIpc) is 3.29. The third kappa shape index (κ3) is 5.04. The molecule has 0 unspecified atom stereocenters. The van der Waals surface area contributed by atoms with Crippen molar-refractivity contribution in [3.63, 3.8) is 0 Å². The molecule has 1 N–H and O–H groups in total. The molecule has 8 nitrogen and oxygen atoms in total. The van der Waals surface area contributed by atoms with E-state index in [1.54, 1.807) is 24.3 Å². The number of fused-ring (bicyclic) bond motifs is 1. The molecule has 1 amide bonds. The summed E-state index contributed by atoms with van der Waals surface area (Å²) in [6, 6.07) is 10.4. The van der Waals surface area contributed by atoms with Crippen LogP contribution in [-0.4, -0.2) is 44.0 Å². The van der Waals surface area contributed by atoms with Gasteiger partial charge in [-0.15, -0.1) is 4.40 Å². The summed E-state index contributed by atoms with van der Waals surface area (Å²) in [5.74, 6) is 1.41. The summed E-state index contributed by atoms with van der Waals surface area (Å²) in [6.45, 7) is 2.02. The molecular formula is C22H26N4O4S. The fourth-order valence-corrected chi connectivity index (χ4v) is 5.10. The van der Waals surface area contributed by atoms with Crippen LogP contribution in [0.2, 0.25) is 0 Å². The van der Waals surface area contributed by atoms with Gasteiger partial charge in [0, 0.05) is 18.0 Å². The van der Waals surface area contributed by atoms with Gasteiger partial charge in [0.05, 0.1) is 12.8 Å². The number of carbonyl (C=O) groups excluding carboxylic acids is 1. The molecule has 1 aromatic heterocycles. The molecule has 0 bridgehead atoms. The minimum Gasteiger partial charge on any atom is -0.460 e. The van der Waals surface area contributed by atoms with Crippen LogP contribution in [0.4, 0.5) is 0 Å². The van der Waals surface area contributed by atoms with E-state index in [9.17, 15) is 13.2 Å². The average molecular weight is 443 g/mol. The number of amidine groups is 1. The Kier molecular flexibility index (Phi) is 6.22. The van der Waals surface area contributed by atoms with Gasteiger partial charge in [-0.3, -0.25) is 4.79 Å². The molecule has 164 valence electrons. The molecule has 1 aliphatic carbocycles. The highest BCUT2D eigenvalue weighted by Gasteiger charge is 2.32. The lowest BCUT2D eigenvalue weighted by molar-refractivity contribution is -0.122. The number of hydrogen-bond acceptors (Lipinski definition) is 6. The van der Waals surface area contributed by atoms with Crippen LogP contribution in [-0.2, 0) is 14.8 Å². The Hall–Kier alpha value is -2.94. The van der Waals surface area contributed by atoms with Crippen molar-refractivity contribution in [2.45, 2.75) is 56.4 Å². The highest BCUT2D eigenvalue weighted by molar-refractivity contribution is 7.90. The highest BCUT2D eigenvalue weighted by atomic mass is 32.2. The Morgan fingerprint density at radius 1 is 1.23 bits per heavy atom. The number of rotatable bonds is 6. The third-order valence-corrected chi connectivity index (χ3v) is 6.79. The van der Waals surface area contributed by atoms with Gasteiger partial charge in [0.15, 0.2) is 5.84 Å². The number of amides is 1. The molecule has 1 fully saturated rings. The van der Waals surface area contributed by atoms with Crippen molar-refractivity contribution in [1.82, 2.24) is 10.3 Å². The molecule has 1 saturated carbocycles. The van der Waals surface area contributed by atoms with E-state index in [-0.39, 0.29) is 35.6 Å². The van der Waals surface area contributed by atoms with Crippen LogP contribution < -0.4 is 5.32 Å². The van der Waals surface area contributed by atoms with E-state index >= 15 is 0 Å². The Bertz CT molecular complexity index is 1110. The van der Waals surface area contributed by atoms with Crippen LogP contribution in [0.1, 0.15) is 55.6 Å². The maximum Gasteiger partial charge on any atom is 0.285 e. The van der Waals surface area contributed by atoms with E-state index in [4.69, 9.17) is 4.42 Å². The molecule has 2 aliphatic rings. The molecule has 1 aromatic carbocycles. The monoisotopic (exact) mass is 442 g/mol. The van der Waals surface area contributed by atoms with Gasteiger partial charge in [0.2, 0.25) is 5.91 Å². The Morgan fingerprint density at radius 2 is 2.00 bits per heavy atom. The number of carbonyl (C=O) groups is 1. The van der Waals surface area contributed by atoms with E-state index in [2.05, 4.69) is 14.8 Å². The van der Waals surface area contributed by atoms with Gasteiger partial charge in [-0.25, -0.2) is 5.01 Å². The normalized spacial score (nSPS) is 18.0. The van der Waals surface area contributed by atoms with Crippen LogP contribution in [0, 0.1) is 6.92 Å². The number of nitrogens with one attached hydrogen (secondary N) is 1. The second kappa shape index (κ2) is 9.05. The number of hydrazone groups is 1. The van der Waals surface area contributed by atoms with Crippen molar-refractivity contribution in [2.75, 3.05) is 6.54 Å². The largest absolute Gasteiger partial charge is 0.460 e. The van der Waals surface area contributed by atoms with Crippen molar-refractivity contribution in [1.29, 1.82) is 0 Å². The van der Waals surface area contributed by atoms with E-state index in [1.165, 1.54) is 23.7 Å². The minimum atomic E-state index is -3.79. The molecule has 2 heterocycles. The molecule has 0 spiro atoms. The van der Waals surface area contributed by atoms with E-state index in [0.717, 1.165) is 31.4 Å². The molecular weight excluding hydrogens is 416 g/mol. The van der Waals surface area contributed by atoms with E-state index in [1.807, 2.05) is 13.0 Å². The Balaban J connectivity index is 1.54. The summed E-state index contributed by atoms with van der Waals surface area (Å²) in [4.78, 5) is 12.7. The smallest absolute Gasteiger partial charge is 0.285 e. The molecule has 31 heavy (non-hydrogen) atoms. The third-order valence-electron chi connectivity index (χ3n) is 5.46. The molecule has 4 rings (SSSR count). The fraction of sp³-hybridized carbons (Fsp3) is 0.409. The number of benzene rings is 1. The minimum absolute atomic E-state index is 0.0734. The van der Waals surface area contributed by atoms with Gasteiger partial charge in [-0.2, -0.15) is 13.5 Å². The number of aryl methyl sites for hydroxylation is 1. The van der Waals surface area contributed by atoms with Gasteiger partial charge >= 0.3 is 0 Å². The number of hydrogen-bond donors (Lipinski definition) is 1. The fourth-order valence-electron chi connectivity index (χ4n) is 3.90. The van der Waals surface area contributed by atoms with Crippen LogP contribution in [0.3, 0.4) is 0 Å². The number of sulfonamides is 1. The lowest BCUT2D eigenvalue weighted by Crippen LogP contribution is -2.38. The molecule has 0 saturated heterocycles. The first-order valence-corrected chi connectivity index (χ1v) is 12.0. The van der Waals surface area contributed by atoms with Gasteiger partial charge in [0.25, 0.3) is 10.0 Å². The SMILES string of the molecule is Cc1ccc(C=NN(CCC(=O)NC2CCCCC2)C2=NS(=O)(=O)c3ccccc32)o1. The maximum absolute atomic E-state index is 12.5. The van der Waals surface area contributed by atoms with Crippen molar-refractivity contribution >= 4 is 28.0 Å². The lowest BCUT2D eigenvalue weighted by atomic mass is 9.95. The maximum atomic E-state index is 12.5. The first-order chi connectivity index (χ1) is 14.9.